The second-order valence-electron chi connectivity index (χ2n) is 6.91. The van der Waals surface area contributed by atoms with Crippen LogP contribution in [0.4, 0.5) is 5.69 Å². The van der Waals surface area contributed by atoms with E-state index < -0.39 is 0 Å². The van der Waals surface area contributed by atoms with E-state index in [2.05, 4.69) is 5.32 Å². The van der Waals surface area contributed by atoms with Crippen LogP contribution in [0.15, 0.2) is 18.2 Å². The SMILES string of the molecule is Cc1c(NC(=O)[C@@H]2CCC[C@@H]2CN)cccc1C(=O)N1CCSCC1. The van der Waals surface area contributed by atoms with Crippen LogP contribution in [0.3, 0.4) is 0 Å². The lowest BCUT2D eigenvalue weighted by Gasteiger charge is -2.27. The second kappa shape index (κ2) is 8.23. The van der Waals surface area contributed by atoms with Crippen molar-refractivity contribution in [1.82, 2.24) is 4.90 Å². The van der Waals surface area contributed by atoms with Crippen LogP contribution in [-0.2, 0) is 4.79 Å². The number of nitrogens with one attached hydrogen (secondary N) is 1. The molecule has 2 aliphatic rings. The third-order valence-electron chi connectivity index (χ3n) is 5.42. The summed E-state index contributed by atoms with van der Waals surface area (Å²) >= 11 is 1.88. The van der Waals surface area contributed by atoms with Crippen molar-refractivity contribution in [3.63, 3.8) is 0 Å². The van der Waals surface area contributed by atoms with Crippen molar-refractivity contribution in [3.8, 4) is 0 Å². The Labute approximate surface area is 153 Å². The van der Waals surface area contributed by atoms with Crippen LogP contribution >= 0.6 is 11.8 Å². The van der Waals surface area contributed by atoms with E-state index in [0.717, 1.165) is 55.1 Å². The number of hydrogen-bond acceptors (Lipinski definition) is 4. The van der Waals surface area contributed by atoms with Crippen LogP contribution in [0.1, 0.15) is 35.2 Å². The fourth-order valence-corrected chi connectivity index (χ4v) is 4.73. The van der Waals surface area contributed by atoms with Crippen molar-refractivity contribution in [3.05, 3.63) is 29.3 Å². The van der Waals surface area contributed by atoms with Gasteiger partial charge in [0.15, 0.2) is 0 Å². The van der Waals surface area contributed by atoms with Gasteiger partial charge in [-0.15, -0.1) is 0 Å². The predicted molar refractivity (Wildman–Crippen MR) is 103 cm³/mol. The molecule has 0 bridgehead atoms. The van der Waals surface area contributed by atoms with Crippen LogP contribution < -0.4 is 11.1 Å². The van der Waals surface area contributed by atoms with E-state index in [0.29, 0.717) is 12.1 Å². The van der Waals surface area contributed by atoms with Crippen molar-refractivity contribution < 1.29 is 9.59 Å². The summed E-state index contributed by atoms with van der Waals surface area (Å²) in [6.45, 7) is 4.05. The Morgan fingerprint density at radius 1 is 1.28 bits per heavy atom. The van der Waals surface area contributed by atoms with Crippen molar-refractivity contribution in [2.75, 3.05) is 36.5 Å². The minimum absolute atomic E-state index is 0.0112. The highest BCUT2D eigenvalue weighted by Crippen LogP contribution is 2.32. The lowest BCUT2D eigenvalue weighted by atomic mass is 9.95. The van der Waals surface area contributed by atoms with Crippen LogP contribution in [0.2, 0.25) is 0 Å². The van der Waals surface area contributed by atoms with Gasteiger partial charge in [0.2, 0.25) is 5.91 Å². The number of rotatable bonds is 4. The fourth-order valence-electron chi connectivity index (χ4n) is 3.83. The maximum Gasteiger partial charge on any atom is 0.254 e. The van der Waals surface area contributed by atoms with E-state index in [1.165, 1.54) is 0 Å². The van der Waals surface area contributed by atoms with E-state index in [1.54, 1.807) is 0 Å². The molecule has 5 nitrogen and oxygen atoms in total. The highest BCUT2D eigenvalue weighted by atomic mass is 32.2. The standard InChI is InChI=1S/C19H27N3O2S/c1-13-15(19(24)22-8-10-25-11-9-22)5-3-7-17(13)21-18(23)16-6-2-4-14(16)12-20/h3,5,7,14,16H,2,4,6,8-12,20H2,1H3,(H,21,23)/t14-,16-/m1/s1. The molecule has 1 aromatic carbocycles. The van der Waals surface area contributed by atoms with Crippen LogP contribution in [0.25, 0.3) is 0 Å². The first-order chi connectivity index (χ1) is 12.1. The van der Waals surface area contributed by atoms with E-state index in [9.17, 15) is 9.59 Å². The number of thioether (sulfide) groups is 1. The molecule has 6 heteroatoms. The molecular weight excluding hydrogens is 334 g/mol. The summed E-state index contributed by atoms with van der Waals surface area (Å²) in [7, 11) is 0. The van der Waals surface area contributed by atoms with Crippen molar-refractivity contribution in [1.29, 1.82) is 0 Å². The summed E-state index contributed by atoms with van der Waals surface area (Å²) in [4.78, 5) is 27.4. The van der Waals surface area contributed by atoms with Crippen LogP contribution in [0, 0.1) is 18.8 Å². The number of nitrogens with two attached hydrogens (primary N) is 1. The molecule has 1 aromatic rings. The third-order valence-corrected chi connectivity index (χ3v) is 6.36. The zero-order valence-electron chi connectivity index (χ0n) is 14.8. The van der Waals surface area contributed by atoms with Crippen LogP contribution in [-0.4, -0.2) is 47.9 Å². The number of carbonyl (C=O) groups excluding carboxylic acids is 2. The minimum atomic E-state index is -0.0112. The molecule has 3 N–H and O–H groups in total. The number of anilines is 1. The number of hydrogen-bond donors (Lipinski definition) is 2. The smallest absolute Gasteiger partial charge is 0.254 e. The van der Waals surface area contributed by atoms with Gasteiger partial charge in [-0.25, -0.2) is 0 Å². The van der Waals surface area contributed by atoms with Gasteiger partial charge in [-0.2, -0.15) is 11.8 Å². The number of nitrogens with zero attached hydrogens (tertiary/aromatic N) is 1. The second-order valence-corrected chi connectivity index (χ2v) is 8.13. The van der Waals surface area contributed by atoms with Gasteiger partial charge in [0.25, 0.3) is 5.91 Å². The Morgan fingerprint density at radius 2 is 2.04 bits per heavy atom. The van der Waals surface area contributed by atoms with Gasteiger partial charge in [0.05, 0.1) is 0 Å². The van der Waals surface area contributed by atoms with E-state index >= 15 is 0 Å². The van der Waals surface area contributed by atoms with Gasteiger partial charge in [0.1, 0.15) is 0 Å². The van der Waals surface area contributed by atoms with Gasteiger partial charge in [0, 0.05) is 41.8 Å². The molecule has 0 aromatic heterocycles. The van der Waals surface area contributed by atoms with Gasteiger partial charge in [-0.1, -0.05) is 12.5 Å². The van der Waals surface area contributed by atoms with Gasteiger partial charge < -0.3 is 16.0 Å². The average Bonchev–Trinajstić information content (AvgIpc) is 3.12. The zero-order chi connectivity index (χ0) is 17.8. The van der Waals surface area contributed by atoms with Crippen LogP contribution in [0.5, 0.6) is 0 Å². The third kappa shape index (κ3) is 4.01. The van der Waals surface area contributed by atoms with E-state index in [-0.39, 0.29) is 23.7 Å². The summed E-state index contributed by atoms with van der Waals surface area (Å²) in [6.07, 6.45) is 2.99. The molecule has 136 valence electrons. The lowest BCUT2D eigenvalue weighted by molar-refractivity contribution is -0.120. The normalized spacial score (nSPS) is 23.5. The molecule has 2 atom stereocenters. The van der Waals surface area contributed by atoms with Crippen molar-refractivity contribution >= 4 is 29.3 Å². The highest BCUT2D eigenvalue weighted by Gasteiger charge is 2.32. The maximum absolute atomic E-state index is 12.8. The highest BCUT2D eigenvalue weighted by molar-refractivity contribution is 7.99. The first-order valence-electron chi connectivity index (χ1n) is 9.09. The summed E-state index contributed by atoms with van der Waals surface area (Å²) < 4.78 is 0. The molecule has 3 rings (SSSR count). The summed E-state index contributed by atoms with van der Waals surface area (Å²) in [6, 6.07) is 5.58. The molecule has 0 radical (unpaired) electrons. The molecule has 1 saturated carbocycles. The Bertz CT molecular complexity index is 644. The largest absolute Gasteiger partial charge is 0.337 e. The number of carbonyl (C=O) groups is 2. The van der Waals surface area contributed by atoms with E-state index in [4.69, 9.17) is 5.73 Å². The Kier molecular flexibility index (Phi) is 6.02. The van der Waals surface area contributed by atoms with Gasteiger partial charge in [-0.3, -0.25) is 9.59 Å². The lowest BCUT2D eigenvalue weighted by Crippen LogP contribution is -2.38. The summed E-state index contributed by atoms with van der Waals surface area (Å²) in [5, 5.41) is 3.05. The summed E-state index contributed by atoms with van der Waals surface area (Å²) in [5.74, 6) is 2.34. The zero-order valence-corrected chi connectivity index (χ0v) is 15.6. The number of benzene rings is 1. The summed E-state index contributed by atoms with van der Waals surface area (Å²) in [5.41, 5.74) is 8.08. The molecule has 0 spiro atoms. The van der Waals surface area contributed by atoms with Crippen molar-refractivity contribution in [2.45, 2.75) is 26.2 Å². The van der Waals surface area contributed by atoms with E-state index in [1.807, 2.05) is 41.8 Å². The Balaban J connectivity index is 1.74. The molecule has 1 aliphatic heterocycles. The molecule has 25 heavy (non-hydrogen) atoms. The number of amides is 2. The molecule has 1 aliphatic carbocycles. The molecule has 2 fully saturated rings. The van der Waals surface area contributed by atoms with Gasteiger partial charge in [-0.05, 0) is 49.9 Å². The topological polar surface area (TPSA) is 75.4 Å². The fraction of sp³-hybridized carbons (Fsp3) is 0.579. The maximum atomic E-state index is 12.8. The molecular formula is C19H27N3O2S. The van der Waals surface area contributed by atoms with Crippen molar-refractivity contribution in [2.24, 2.45) is 17.6 Å². The quantitative estimate of drug-likeness (QED) is 0.864. The Hall–Kier alpha value is -1.53. The molecule has 0 unspecified atom stereocenters. The average molecular weight is 362 g/mol. The van der Waals surface area contributed by atoms with Gasteiger partial charge >= 0.3 is 0 Å². The molecule has 1 saturated heterocycles. The predicted octanol–water partition coefficient (Wildman–Crippen LogP) is 2.50. The molecule has 2 amide bonds. The first kappa shape index (κ1) is 18.3. The first-order valence-corrected chi connectivity index (χ1v) is 10.2. The Morgan fingerprint density at radius 3 is 2.76 bits per heavy atom. The monoisotopic (exact) mass is 361 g/mol. The molecule has 1 heterocycles. The minimum Gasteiger partial charge on any atom is -0.337 e.